The SMILES string of the molecule is Cc1ccc(OCCCC(C)(C)C#N)c(C(C)N)c1. The van der Waals surface area contributed by atoms with Gasteiger partial charge in [0.15, 0.2) is 0 Å². The minimum atomic E-state index is -0.277. The molecule has 0 fully saturated rings. The van der Waals surface area contributed by atoms with Crippen molar-refractivity contribution in [3.63, 3.8) is 0 Å². The van der Waals surface area contributed by atoms with Crippen molar-refractivity contribution in [3.05, 3.63) is 29.3 Å². The van der Waals surface area contributed by atoms with Crippen LogP contribution in [0.4, 0.5) is 0 Å². The highest BCUT2D eigenvalue weighted by Crippen LogP contribution is 2.26. The first kappa shape index (κ1) is 15.5. The van der Waals surface area contributed by atoms with Gasteiger partial charge < -0.3 is 10.5 Å². The first-order chi connectivity index (χ1) is 8.85. The maximum Gasteiger partial charge on any atom is 0.124 e. The van der Waals surface area contributed by atoms with Gasteiger partial charge in [0, 0.05) is 11.6 Å². The Balaban J connectivity index is 2.57. The molecule has 104 valence electrons. The van der Waals surface area contributed by atoms with Gasteiger partial charge in [0.1, 0.15) is 5.75 Å². The number of hydrogen-bond donors (Lipinski definition) is 1. The number of hydrogen-bond acceptors (Lipinski definition) is 3. The molecule has 0 saturated carbocycles. The quantitative estimate of drug-likeness (QED) is 0.793. The summed E-state index contributed by atoms with van der Waals surface area (Å²) >= 11 is 0. The van der Waals surface area contributed by atoms with Gasteiger partial charge >= 0.3 is 0 Å². The lowest BCUT2D eigenvalue weighted by Crippen LogP contribution is -2.12. The van der Waals surface area contributed by atoms with E-state index < -0.39 is 0 Å². The zero-order valence-electron chi connectivity index (χ0n) is 12.4. The van der Waals surface area contributed by atoms with Gasteiger partial charge in [-0.1, -0.05) is 17.7 Å². The molecule has 1 aromatic rings. The molecule has 0 heterocycles. The van der Waals surface area contributed by atoms with E-state index in [4.69, 9.17) is 15.7 Å². The second-order valence-corrected chi connectivity index (χ2v) is 5.78. The monoisotopic (exact) mass is 260 g/mol. The summed E-state index contributed by atoms with van der Waals surface area (Å²) in [5, 5.41) is 8.95. The highest BCUT2D eigenvalue weighted by Gasteiger charge is 2.16. The van der Waals surface area contributed by atoms with Gasteiger partial charge in [0.2, 0.25) is 0 Å². The fourth-order valence-electron chi connectivity index (χ4n) is 1.91. The number of nitriles is 1. The first-order valence-corrected chi connectivity index (χ1v) is 6.76. The molecule has 2 N–H and O–H groups in total. The van der Waals surface area contributed by atoms with Gasteiger partial charge in [-0.15, -0.1) is 0 Å². The Morgan fingerprint density at radius 2 is 2.11 bits per heavy atom. The van der Waals surface area contributed by atoms with Crippen LogP contribution in [0, 0.1) is 23.7 Å². The first-order valence-electron chi connectivity index (χ1n) is 6.76. The lowest BCUT2D eigenvalue weighted by Gasteiger charge is -2.17. The van der Waals surface area contributed by atoms with Crippen LogP contribution in [0.15, 0.2) is 18.2 Å². The van der Waals surface area contributed by atoms with Gasteiger partial charge in [-0.2, -0.15) is 5.26 Å². The van der Waals surface area contributed by atoms with E-state index in [2.05, 4.69) is 12.1 Å². The van der Waals surface area contributed by atoms with E-state index in [-0.39, 0.29) is 11.5 Å². The van der Waals surface area contributed by atoms with E-state index in [1.165, 1.54) is 5.56 Å². The van der Waals surface area contributed by atoms with E-state index in [1.54, 1.807) is 0 Å². The predicted octanol–water partition coefficient (Wildman–Crippen LogP) is 3.72. The van der Waals surface area contributed by atoms with Crippen molar-refractivity contribution in [2.75, 3.05) is 6.61 Å². The van der Waals surface area contributed by atoms with Crippen LogP contribution >= 0.6 is 0 Å². The van der Waals surface area contributed by atoms with Crippen molar-refractivity contribution in [3.8, 4) is 11.8 Å². The summed E-state index contributed by atoms with van der Waals surface area (Å²) in [4.78, 5) is 0. The van der Waals surface area contributed by atoms with Gasteiger partial charge in [0.05, 0.1) is 18.1 Å². The molecule has 0 radical (unpaired) electrons. The molecule has 1 aromatic carbocycles. The predicted molar refractivity (Wildman–Crippen MR) is 77.9 cm³/mol. The second kappa shape index (κ2) is 6.58. The molecule has 0 spiro atoms. The summed E-state index contributed by atoms with van der Waals surface area (Å²) in [5.74, 6) is 0.857. The van der Waals surface area contributed by atoms with Crippen LogP contribution in [0.1, 0.15) is 50.8 Å². The summed E-state index contributed by atoms with van der Waals surface area (Å²) in [6, 6.07) is 8.34. The Morgan fingerprint density at radius 3 is 2.68 bits per heavy atom. The summed E-state index contributed by atoms with van der Waals surface area (Å²) < 4.78 is 5.80. The average molecular weight is 260 g/mol. The Hall–Kier alpha value is -1.53. The van der Waals surface area contributed by atoms with E-state index in [0.717, 1.165) is 24.2 Å². The van der Waals surface area contributed by atoms with Gasteiger partial charge in [-0.3, -0.25) is 0 Å². The van der Waals surface area contributed by atoms with E-state index in [1.807, 2.05) is 39.8 Å². The van der Waals surface area contributed by atoms with E-state index in [9.17, 15) is 0 Å². The molecule has 3 nitrogen and oxygen atoms in total. The molecule has 1 atom stereocenters. The summed E-state index contributed by atoms with van der Waals surface area (Å²) in [6.07, 6.45) is 1.70. The summed E-state index contributed by atoms with van der Waals surface area (Å²) in [6.45, 7) is 8.53. The van der Waals surface area contributed by atoms with E-state index in [0.29, 0.717) is 6.61 Å². The molecule has 0 bridgehead atoms. The Morgan fingerprint density at radius 1 is 1.42 bits per heavy atom. The molecule has 0 aliphatic carbocycles. The van der Waals surface area contributed by atoms with Crippen LogP contribution in [0.2, 0.25) is 0 Å². The molecule has 1 unspecified atom stereocenters. The maximum atomic E-state index is 8.95. The van der Waals surface area contributed by atoms with Crippen LogP contribution in [-0.4, -0.2) is 6.61 Å². The smallest absolute Gasteiger partial charge is 0.124 e. The standard InChI is InChI=1S/C16H24N2O/c1-12-6-7-15(14(10-12)13(2)18)19-9-5-8-16(3,4)11-17/h6-7,10,13H,5,8-9,18H2,1-4H3. The van der Waals surface area contributed by atoms with Crippen molar-refractivity contribution in [2.45, 2.75) is 46.6 Å². The van der Waals surface area contributed by atoms with Crippen LogP contribution in [-0.2, 0) is 0 Å². The minimum Gasteiger partial charge on any atom is -0.493 e. The molecule has 0 amide bonds. The molecule has 1 rings (SSSR count). The van der Waals surface area contributed by atoms with Crippen molar-refractivity contribution < 1.29 is 4.74 Å². The van der Waals surface area contributed by atoms with Crippen molar-refractivity contribution >= 4 is 0 Å². The molecule has 0 saturated heterocycles. The van der Waals surface area contributed by atoms with Crippen LogP contribution in [0.5, 0.6) is 5.75 Å². The highest BCUT2D eigenvalue weighted by atomic mass is 16.5. The Kier molecular flexibility index (Phi) is 5.38. The lowest BCUT2D eigenvalue weighted by molar-refractivity contribution is 0.281. The number of ether oxygens (including phenoxy) is 1. The zero-order valence-corrected chi connectivity index (χ0v) is 12.4. The topological polar surface area (TPSA) is 59.0 Å². The normalized spacial score (nSPS) is 12.8. The third-order valence-electron chi connectivity index (χ3n) is 3.16. The fourth-order valence-corrected chi connectivity index (χ4v) is 1.91. The zero-order chi connectivity index (χ0) is 14.5. The average Bonchev–Trinajstić information content (AvgIpc) is 2.36. The molecular formula is C16H24N2O. The van der Waals surface area contributed by atoms with Gasteiger partial charge in [-0.25, -0.2) is 0 Å². The van der Waals surface area contributed by atoms with E-state index >= 15 is 0 Å². The molecule has 0 aromatic heterocycles. The Labute approximate surface area is 116 Å². The summed E-state index contributed by atoms with van der Waals surface area (Å²) in [7, 11) is 0. The number of nitrogens with two attached hydrogens (primary N) is 1. The third-order valence-corrected chi connectivity index (χ3v) is 3.16. The number of benzene rings is 1. The highest BCUT2D eigenvalue weighted by molar-refractivity contribution is 5.38. The van der Waals surface area contributed by atoms with Gasteiger partial charge in [0.25, 0.3) is 0 Å². The largest absolute Gasteiger partial charge is 0.493 e. The van der Waals surface area contributed by atoms with Crippen LogP contribution in [0.25, 0.3) is 0 Å². The van der Waals surface area contributed by atoms with Gasteiger partial charge in [-0.05, 0) is 46.6 Å². The molecule has 3 heteroatoms. The molecule has 19 heavy (non-hydrogen) atoms. The van der Waals surface area contributed by atoms with Crippen LogP contribution < -0.4 is 10.5 Å². The van der Waals surface area contributed by atoms with Crippen molar-refractivity contribution in [1.82, 2.24) is 0 Å². The summed E-state index contributed by atoms with van der Waals surface area (Å²) in [5.41, 5.74) is 7.90. The number of aryl methyl sites for hydroxylation is 1. The minimum absolute atomic E-state index is 0.0366. The second-order valence-electron chi connectivity index (χ2n) is 5.78. The third kappa shape index (κ3) is 4.92. The van der Waals surface area contributed by atoms with Crippen molar-refractivity contribution in [1.29, 1.82) is 5.26 Å². The molecule has 0 aliphatic rings. The number of rotatable bonds is 6. The maximum absolute atomic E-state index is 8.95. The lowest BCUT2D eigenvalue weighted by atomic mass is 9.90. The molecular weight excluding hydrogens is 236 g/mol. The fraction of sp³-hybridized carbons (Fsp3) is 0.562. The molecule has 0 aliphatic heterocycles. The van der Waals surface area contributed by atoms with Crippen LogP contribution in [0.3, 0.4) is 0 Å². The number of nitrogens with zero attached hydrogens (tertiary/aromatic N) is 1. The Bertz CT molecular complexity index is 458. The van der Waals surface area contributed by atoms with Crippen molar-refractivity contribution in [2.24, 2.45) is 11.1 Å².